The highest BCUT2D eigenvalue weighted by atomic mass is 16.2. The van der Waals surface area contributed by atoms with E-state index in [4.69, 9.17) is 0 Å². The Kier molecular flexibility index (Phi) is 3.76. The molecule has 92 valence electrons. The highest BCUT2D eigenvalue weighted by molar-refractivity contribution is 5.96. The number of nitrogens with zero attached hydrogens (tertiary/aromatic N) is 1. The van der Waals surface area contributed by atoms with Crippen LogP contribution in [0.15, 0.2) is 24.3 Å². The molecule has 0 bridgehead atoms. The Morgan fingerprint density at radius 3 is 2.59 bits per heavy atom. The van der Waals surface area contributed by atoms with Crippen LogP contribution in [0.2, 0.25) is 0 Å². The Hall–Kier alpha value is -1.39. The molecule has 1 aliphatic rings. The Bertz CT molecular complexity index is 382. The molecule has 0 aliphatic carbocycles. The number of amides is 1. The number of benzene rings is 1. The van der Waals surface area contributed by atoms with Gasteiger partial charge in [0.05, 0.1) is 6.04 Å². The highest BCUT2D eigenvalue weighted by Gasteiger charge is 2.23. The molecule has 1 saturated heterocycles. The van der Waals surface area contributed by atoms with Crippen molar-refractivity contribution < 1.29 is 4.79 Å². The number of nitrogens with one attached hydrogen (secondary N) is 2. The van der Waals surface area contributed by atoms with Crippen molar-refractivity contribution in [3.05, 3.63) is 29.8 Å². The number of likely N-dealkylation sites (N-methyl/N-ethyl adjacent to an activating group) is 1. The average molecular weight is 233 g/mol. The summed E-state index contributed by atoms with van der Waals surface area (Å²) in [5.41, 5.74) is 2.14. The molecule has 2 rings (SSSR count). The van der Waals surface area contributed by atoms with Crippen LogP contribution in [-0.4, -0.2) is 38.6 Å². The second-order valence-electron chi connectivity index (χ2n) is 4.44. The lowest BCUT2D eigenvalue weighted by Crippen LogP contribution is -2.56. The zero-order valence-corrected chi connectivity index (χ0v) is 10.4. The molecule has 1 aliphatic heterocycles. The number of hydrogen-bond donors (Lipinski definition) is 2. The van der Waals surface area contributed by atoms with Crippen molar-refractivity contribution in [2.24, 2.45) is 0 Å². The lowest BCUT2D eigenvalue weighted by molar-refractivity contribution is -0.120. The van der Waals surface area contributed by atoms with Crippen LogP contribution in [0.5, 0.6) is 0 Å². The molecule has 0 saturated carbocycles. The molecule has 1 fully saturated rings. The van der Waals surface area contributed by atoms with Gasteiger partial charge < -0.3 is 15.5 Å². The van der Waals surface area contributed by atoms with Gasteiger partial charge in [-0.2, -0.15) is 0 Å². The molecule has 0 aromatic heterocycles. The predicted octanol–water partition coefficient (Wildman–Crippen LogP) is 0.519. The van der Waals surface area contributed by atoms with Gasteiger partial charge in [0.25, 0.3) is 0 Å². The summed E-state index contributed by atoms with van der Waals surface area (Å²) >= 11 is 0. The van der Waals surface area contributed by atoms with Crippen molar-refractivity contribution in [1.29, 1.82) is 0 Å². The Labute approximate surface area is 102 Å². The third-order valence-electron chi connectivity index (χ3n) is 3.09. The van der Waals surface area contributed by atoms with Crippen molar-refractivity contribution >= 4 is 11.6 Å². The van der Waals surface area contributed by atoms with Gasteiger partial charge in [-0.15, -0.1) is 0 Å². The number of carbonyl (C=O) groups excluding carboxylic acids is 1. The number of hydrogen-bond acceptors (Lipinski definition) is 3. The van der Waals surface area contributed by atoms with E-state index < -0.39 is 0 Å². The van der Waals surface area contributed by atoms with E-state index in [9.17, 15) is 4.79 Å². The molecule has 0 radical (unpaired) electrons. The fourth-order valence-corrected chi connectivity index (χ4v) is 1.96. The molecule has 4 nitrogen and oxygen atoms in total. The SMILES string of the molecule is Cc1ccc(N(C)C(=O)C2CNCCN2)cc1. The summed E-state index contributed by atoms with van der Waals surface area (Å²) in [4.78, 5) is 13.9. The molecule has 0 spiro atoms. The van der Waals surface area contributed by atoms with Crippen molar-refractivity contribution in [3.8, 4) is 0 Å². The van der Waals surface area contributed by atoms with Gasteiger partial charge in [0, 0.05) is 32.4 Å². The fraction of sp³-hybridized carbons (Fsp3) is 0.462. The van der Waals surface area contributed by atoms with Crippen LogP contribution < -0.4 is 15.5 Å². The van der Waals surface area contributed by atoms with Crippen LogP contribution in [0.4, 0.5) is 5.69 Å². The smallest absolute Gasteiger partial charge is 0.245 e. The third kappa shape index (κ3) is 2.84. The van der Waals surface area contributed by atoms with Crippen LogP contribution in [0, 0.1) is 6.92 Å². The summed E-state index contributed by atoms with van der Waals surface area (Å²) in [5.74, 6) is 0.112. The van der Waals surface area contributed by atoms with E-state index in [1.54, 1.807) is 4.90 Å². The lowest BCUT2D eigenvalue weighted by atomic mass is 10.1. The molecule has 1 amide bonds. The molecule has 1 unspecified atom stereocenters. The van der Waals surface area contributed by atoms with Crippen molar-refractivity contribution in [3.63, 3.8) is 0 Å². The topological polar surface area (TPSA) is 44.4 Å². The number of piperazine rings is 1. The standard InChI is InChI=1S/C13H19N3O/c1-10-3-5-11(6-4-10)16(2)13(17)12-9-14-7-8-15-12/h3-6,12,14-15H,7-9H2,1-2H3. The largest absolute Gasteiger partial charge is 0.314 e. The minimum Gasteiger partial charge on any atom is -0.314 e. The lowest BCUT2D eigenvalue weighted by Gasteiger charge is -2.28. The summed E-state index contributed by atoms with van der Waals surface area (Å²) in [6.07, 6.45) is 0. The molecule has 17 heavy (non-hydrogen) atoms. The first-order chi connectivity index (χ1) is 8.18. The van der Waals surface area contributed by atoms with Gasteiger partial charge in [0.2, 0.25) is 5.91 Å². The van der Waals surface area contributed by atoms with Gasteiger partial charge in [0.1, 0.15) is 0 Å². The van der Waals surface area contributed by atoms with Gasteiger partial charge in [-0.25, -0.2) is 0 Å². The van der Waals surface area contributed by atoms with E-state index in [1.807, 2.05) is 38.2 Å². The summed E-state index contributed by atoms with van der Waals surface area (Å²) in [6.45, 7) is 4.52. The number of rotatable bonds is 2. The molecular formula is C13H19N3O. The van der Waals surface area contributed by atoms with E-state index in [-0.39, 0.29) is 11.9 Å². The van der Waals surface area contributed by atoms with Crippen molar-refractivity contribution in [2.75, 3.05) is 31.6 Å². The predicted molar refractivity (Wildman–Crippen MR) is 69.2 cm³/mol. The van der Waals surface area contributed by atoms with Crippen LogP contribution >= 0.6 is 0 Å². The average Bonchev–Trinajstić information content (AvgIpc) is 2.39. The number of carbonyl (C=O) groups is 1. The molecule has 1 aromatic rings. The maximum Gasteiger partial charge on any atom is 0.245 e. The van der Waals surface area contributed by atoms with E-state index >= 15 is 0 Å². The molecular weight excluding hydrogens is 214 g/mol. The molecule has 4 heteroatoms. The molecule has 1 aromatic carbocycles. The van der Waals surface area contributed by atoms with E-state index in [0.29, 0.717) is 6.54 Å². The first-order valence-electron chi connectivity index (χ1n) is 5.97. The summed E-state index contributed by atoms with van der Waals surface area (Å²) in [5, 5.41) is 6.45. The maximum absolute atomic E-state index is 12.2. The summed E-state index contributed by atoms with van der Waals surface area (Å²) in [6, 6.07) is 7.87. The van der Waals surface area contributed by atoms with Gasteiger partial charge >= 0.3 is 0 Å². The van der Waals surface area contributed by atoms with E-state index in [1.165, 1.54) is 5.56 Å². The zero-order valence-electron chi connectivity index (χ0n) is 10.4. The molecule has 1 heterocycles. The minimum absolute atomic E-state index is 0.112. The van der Waals surface area contributed by atoms with E-state index in [2.05, 4.69) is 10.6 Å². The van der Waals surface area contributed by atoms with Crippen molar-refractivity contribution in [1.82, 2.24) is 10.6 Å². The summed E-state index contributed by atoms with van der Waals surface area (Å²) in [7, 11) is 1.82. The minimum atomic E-state index is -0.116. The first-order valence-corrected chi connectivity index (χ1v) is 5.97. The molecule has 2 N–H and O–H groups in total. The molecule has 1 atom stereocenters. The van der Waals surface area contributed by atoms with Crippen LogP contribution in [0.25, 0.3) is 0 Å². The fourth-order valence-electron chi connectivity index (χ4n) is 1.96. The van der Waals surface area contributed by atoms with Crippen LogP contribution in [0.1, 0.15) is 5.56 Å². The first kappa shape index (κ1) is 12.1. The van der Waals surface area contributed by atoms with Crippen LogP contribution in [-0.2, 0) is 4.79 Å². The third-order valence-corrected chi connectivity index (χ3v) is 3.09. The Balaban J connectivity index is 2.05. The normalized spacial score (nSPS) is 20.0. The van der Waals surface area contributed by atoms with Gasteiger partial charge in [-0.1, -0.05) is 17.7 Å². The maximum atomic E-state index is 12.2. The van der Waals surface area contributed by atoms with E-state index in [0.717, 1.165) is 18.8 Å². The Morgan fingerprint density at radius 1 is 1.29 bits per heavy atom. The van der Waals surface area contributed by atoms with Crippen molar-refractivity contribution in [2.45, 2.75) is 13.0 Å². The monoisotopic (exact) mass is 233 g/mol. The van der Waals surface area contributed by atoms with Crippen LogP contribution in [0.3, 0.4) is 0 Å². The number of anilines is 1. The quantitative estimate of drug-likeness (QED) is 0.782. The zero-order chi connectivity index (χ0) is 12.3. The second-order valence-corrected chi connectivity index (χ2v) is 4.44. The summed E-state index contributed by atoms with van der Waals surface area (Å²) < 4.78 is 0. The van der Waals surface area contributed by atoms with Gasteiger partial charge in [-0.05, 0) is 19.1 Å². The van der Waals surface area contributed by atoms with Gasteiger partial charge in [-0.3, -0.25) is 4.79 Å². The highest BCUT2D eigenvalue weighted by Crippen LogP contribution is 2.14. The second kappa shape index (κ2) is 5.29. The number of aryl methyl sites for hydroxylation is 1. The Morgan fingerprint density at radius 2 is 2.00 bits per heavy atom. The van der Waals surface area contributed by atoms with Gasteiger partial charge in [0.15, 0.2) is 0 Å².